The lowest BCUT2D eigenvalue weighted by molar-refractivity contribution is 0.113. The molecule has 2 rings (SSSR count). The van der Waals surface area contributed by atoms with Gasteiger partial charge in [0.15, 0.2) is 0 Å². The van der Waals surface area contributed by atoms with Gasteiger partial charge in [0, 0.05) is 16.3 Å². The number of aromatic nitrogens is 2. The lowest BCUT2D eigenvalue weighted by Gasteiger charge is -2.03. The molecule has 1 aromatic heterocycles. The third-order valence-corrected chi connectivity index (χ3v) is 3.64. The fourth-order valence-corrected chi connectivity index (χ4v) is 2.28. The highest BCUT2D eigenvalue weighted by Gasteiger charge is 2.09. The standard InChI is InChI=1S/C12H13ClN2O3S/c13-9-3-1-8(2-4-9)12-14-11(18-15-12)7-19-6-10(17)5-16/h1-4,10,16-17H,5-7H2. The zero-order chi connectivity index (χ0) is 13.7. The van der Waals surface area contributed by atoms with Crippen LogP contribution in [-0.2, 0) is 5.75 Å². The molecule has 1 atom stereocenters. The fourth-order valence-electron chi connectivity index (χ4n) is 1.36. The van der Waals surface area contributed by atoms with E-state index in [1.54, 1.807) is 12.1 Å². The van der Waals surface area contributed by atoms with Gasteiger partial charge in [0.25, 0.3) is 0 Å². The van der Waals surface area contributed by atoms with Gasteiger partial charge in [0.1, 0.15) is 0 Å². The average molecular weight is 301 g/mol. The fraction of sp³-hybridized carbons (Fsp3) is 0.333. The normalized spacial score (nSPS) is 12.6. The van der Waals surface area contributed by atoms with E-state index in [2.05, 4.69) is 10.1 Å². The van der Waals surface area contributed by atoms with Crippen LogP contribution in [0.2, 0.25) is 5.02 Å². The number of hydrogen-bond acceptors (Lipinski definition) is 6. The Morgan fingerprint density at radius 3 is 2.74 bits per heavy atom. The predicted octanol–water partition coefficient (Wildman–Crippen LogP) is 1.98. The van der Waals surface area contributed by atoms with Crippen LogP contribution in [0.3, 0.4) is 0 Å². The Hall–Kier alpha value is -1.08. The van der Waals surface area contributed by atoms with Gasteiger partial charge in [-0.25, -0.2) is 0 Å². The molecule has 0 radical (unpaired) electrons. The summed E-state index contributed by atoms with van der Waals surface area (Å²) in [4.78, 5) is 4.25. The molecule has 2 N–H and O–H groups in total. The minimum absolute atomic E-state index is 0.243. The molecule has 0 bridgehead atoms. The second-order valence-corrected chi connectivity index (χ2v) is 5.34. The van der Waals surface area contributed by atoms with Crippen LogP contribution in [0.25, 0.3) is 11.4 Å². The summed E-state index contributed by atoms with van der Waals surface area (Å²) in [5, 5.41) is 22.4. The second kappa shape index (κ2) is 6.91. The molecular weight excluding hydrogens is 288 g/mol. The van der Waals surface area contributed by atoms with Gasteiger partial charge in [-0.2, -0.15) is 4.98 Å². The van der Waals surface area contributed by atoms with Crippen LogP contribution in [0.1, 0.15) is 5.89 Å². The van der Waals surface area contributed by atoms with Crippen molar-refractivity contribution in [1.29, 1.82) is 0 Å². The molecule has 1 aromatic carbocycles. The second-order valence-electron chi connectivity index (χ2n) is 3.87. The van der Waals surface area contributed by atoms with Crippen molar-refractivity contribution >= 4 is 23.4 Å². The van der Waals surface area contributed by atoms with Gasteiger partial charge in [0.05, 0.1) is 18.5 Å². The summed E-state index contributed by atoms with van der Waals surface area (Å²) < 4.78 is 5.11. The van der Waals surface area contributed by atoms with Gasteiger partial charge in [-0.05, 0) is 24.3 Å². The minimum Gasteiger partial charge on any atom is -0.394 e. The Labute approximate surface area is 119 Å². The summed E-state index contributed by atoms with van der Waals surface area (Å²) in [5.74, 6) is 1.92. The van der Waals surface area contributed by atoms with Gasteiger partial charge in [-0.1, -0.05) is 16.8 Å². The van der Waals surface area contributed by atoms with E-state index in [0.717, 1.165) is 5.56 Å². The van der Waals surface area contributed by atoms with Crippen molar-refractivity contribution in [1.82, 2.24) is 10.1 Å². The molecule has 0 aliphatic rings. The first-order valence-corrected chi connectivity index (χ1v) is 7.17. The molecule has 0 aliphatic carbocycles. The number of aliphatic hydroxyl groups is 2. The van der Waals surface area contributed by atoms with E-state index < -0.39 is 6.10 Å². The average Bonchev–Trinajstić information content (AvgIpc) is 2.88. The van der Waals surface area contributed by atoms with Crippen LogP contribution >= 0.6 is 23.4 Å². The van der Waals surface area contributed by atoms with Gasteiger partial charge >= 0.3 is 0 Å². The summed E-state index contributed by atoms with van der Waals surface area (Å²) in [5.41, 5.74) is 0.833. The van der Waals surface area contributed by atoms with Crippen molar-refractivity contribution in [2.45, 2.75) is 11.9 Å². The zero-order valence-electron chi connectivity index (χ0n) is 9.99. The Balaban J connectivity index is 1.93. The number of rotatable bonds is 6. The highest BCUT2D eigenvalue weighted by Crippen LogP contribution is 2.20. The lowest BCUT2D eigenvalue weighted by atomic mass is 10.2. The van der Waals surface area contributed by atoms with E-state index in [9.17, 15) is 5.11 Å². The van der Waals surface area contributed by atoms with Crippen molar-refractivity contribution in [3.8, 4) is 11.4 Å². The lowest BCUT2D eigenvalue weighted by Crippen LogP contribution is -2.14. The van der Waals surface area contributed by atoms with Crippen LogP contribution in [0.4, 0.5) is 0 Å². The van der Waals surface area contributed by atoms with E-state index in [4.69, 9.17) is 21.2 Å². The third-order valence-electron chi connectivity index (χ3n) is 2.32. The molecule has 7 heteroatoms. The molecule has 2 aromatic rings. The van der Waals surface area contributed by atoms with Crippen LogP contribution < -0.4 is 0 Å². The summed E-state index contributed by atoms with van der Waals surface area (Å²) in [6, 6.07) is 7.16. The maximum absolute atomic E-state index is 9.20. The van der Waals surface area contributed by atoms with Gasteiger partial charge in [0.2, 0.25) is 11.7 Å². The monoisotopic (exact) mass is 300 g/mol. The maximum Gasteiger partial charge on any atom is 0.236 e. The minimum atomic E-state index is -0.719. The predicted molar refractivity (Wildman–Crippen MR) is 74.0 cm³/mol. The molecule has 0 saturated carbocycles. The van der Waals surface area contributed by atoms with Gasteiger partial charge < -0.3 is 14.7 Å². The third kappa shape index (κ3) is 4.21. The van der Waals surface area contributed by atoms with Crippen LogP contribution in [0.5, 0.6) is 0 Å². The largest absolute Gasteiger partial charge is 0.394 e. The molecule has 0 fully saturated rings. The van der Waals surface area contributed by atoms with Crippen LogP contribution in [0, 0.1) is 0 Å². The van der Waals surface area contributed by atoms with E-state index in [-0.39, 0.29) is 6.61 Å². The highest BCUT2D eigenvalue weighted by atomic mass is 35.5. The van der Waals surface area contributed by atoms with E-state index >= 15 is 0 Å². The summed E-state index contributed by atoms with van der Waals surface area (Å²) in [6.07, 6.45) is -0.719. The first kappa shape index (κ1) is 14.3. The highest BCUT2D eigenvalue weighted by molar-refractivity contribution is 7.98. The first-order chi connectivity index (χ1) is 9.19. The van der Waals surface area contributed by atoms with E-state index in [1.807, 2.05) is 12.1 Å². The number of nitrogens with zero attached hydrogens (tertiary/aromatic N) is 2. The van der Waals surface area contributed by atoms with Crippen molar-refractivity contribution in [2.24, 2.45) is 0 Å². The Morgan fingerprint density at radius 1 is 1.32 bits per heavy atom. The molecule has 0 aliphatic heterocycles. The molecule has 0 amide bonds. The topological polar surface area (TPSA) is 79.4 Å². The SMILES string of the molecule is OCC(O)CSCc1nc(-c2ccc(Cl)cc2)no1. The van der Waals surface area contributed by atoms with Crippen LogP contribution in [0.15, 0.2) is 28.8 Å². The van der Waals surface area contributed by atoms with Gasteiger partial charge in [-0.15, -0.1) is 11.8 Å². The van der Waals surface area contributed by atoms with Crippen molar-refractivity contribution in [3.63, 3.8) is 0 Å². The first-order valence-electron chi connectivity index (χ1n) is 5.64. The molecule has 5 nitrogen and oxygen atoms in total. The Kier molecular flexibility index (Phi) is 5.21. The van der Waals surface area contributed by atoms with Crippen LogP contribution in [-0.4, -0.2) is 38.8 Å². The Morgan fingerprint density at radius 2 is 2.05 bits per heavy atom. The molecule has 1 unspecified atom stereocenters. The summed E-state index contributed by atoms with van der Waals surface area (Å²) in [7, 11) is 0. The van der Waals surface area contributed by atoms with Crippen molar-refractivity contribution < 1.29 is 14.7 Å². The number of thioether (sulfide) groups is 1. The number of halogens is 1. The zero-order valence-corrected chi connectivity index (χ0v) is 11.6. The molecule has 102 valence electrons. The Bertz CT molecular complexity index is 518. The molecule has 1 heterocycles. The van der Waals surface area contributed by atoms with E-state index in [1.165, 1.54) is 11.8 Å². The quantitative estimate of drug-likeness (QED) is 0.849. The van der Waals surface area contributed by atoms with Crippen molar-refractivity contribution in [3.05, 3.63) is 35.2 Å². The molecule has 0 saturated heterocycles. The number of aliphatic hydroxyl groups excluding tert-OH is 2. The summed E-state index contributed by atoms with van der Waals surface area (Å²) in [6.45, 7) is -0.243. The van der Waals surface area contributed by atoms with E-state index in [0.29, 0.717) is 28.2 Å². The molecular formula is C12H13ClN2O3S. The summed E-state index contributed by atoms with van der Waals surface area (Å²) >= 11 is 7.23. The molecule has 19 heavy (non-hydrogen) atoms. The van der Waals surface area contributed by atoms with Crippen molar-refractivity contribution in [2.75, 3.05) is 12.4 Å². The number of benzene rings is 1. The van der Waals surface area contributed by atoms with Gasteiger partial charge in [-0.3, -0.25) is 0 Å². The smallest absolute Gasteiger partial charge is 0.236 e. The maximum atomic E-state index is 9.20. The molecule has 0 spiro atoms. The number of hydrogen-bond donors (Lipinski definition) is 2.